The van der Waals surface area contributed by atoms with E-state index >= 15 is 0 Å². The number of sulfonamides is 2. The standard InChI is InChI=1S/C9H11N3O4S2/c1-7(6-10)18(15,16)12-8-3-2-4-9(5-8)17(11,13)14/h2-5,7,12H,1H3,(H2,11,13,14). The first-order valence-corrected chi connectivity index (χ1v) is 7.80. The van der Waals surface area contributed by atoms with Crippen molar-refractivity contribution >= 4 is 25.7 Å². The molecule has 3 N–H and O–H groups in total. The molecule has 0 amide bonds. The van der Waals surface area contributed by atoms with Crippen molar-refractivity contribution in [3.8, 4) is 6.07 Å². The molecule has 98 valence electrons. The highest BCUT2D eigenvalue weighted by Crippen LogP contribution is 2.16. The maximum Gasteiger partial charge on any atom is 0.248 e. The van der Waals surface area contributed by atoms with Crippen molar-refractivity contribution in [2.24, 2.45) is 5.14 Å². The van der Waals surface area contributed by atoms with Crippen LogP contribution in [-0.4, -0.2) is 22.1 Å². The molecule has 1 unspecified atom stereocenters. The summed E-state index contributed by atoms with van der Waals surface area (Å²) in [6, 6.07) is 6.59. The summed E-state index contributed by atoms with van der Waals surface area (Å²) >= 11 is 0. The molecular weight excluding hydrogens is 278 g/mol. The van der Waals surface area contributed by atoms with Crippen LogP contribution >= 0.6 is 0 Å². The van der Waals surface area contributed by atoms with E-state index in [9.17, 15) is 16.8 Å². The Morgan fingerprint density at radius 2 is 1.94 bits per heavy atom. The Labute approximate surface area is 105 Å². The van der Waals surface area contributed by atoms with E-state index in [1.54, 1.807) is 6.07 Å². The molecule has 9 heteroatoms. The van der Waals surface area contributed by atoms with E-state index in [0.29, 0.717) is 0 Å². The van der Waals surface area contributed by atoms with Gasteiger partial charge in [-0.1, -0.05) is 6.07 Å². The molecule has 1 atom stereocenters. The number of benzene rings is 1. The van der Waals surface area contributed by atoms with Crippen LogP contribution in [0, 0.1) is 11.3 Å². The predicted molar refractivity (Wildman–Crippen MR) is 65.4 cm³/mol. The van der Waals surface area contributed by atoms with Crippen molar-refractivity contribution in [1.82, 2.24) is 0 Å². The Bertz CT molecular complexity index is 689. The molecular formula is C9H11N3O4S2. The summed E-state index contributed by atoms with van der Waals surface area (Å²) in [7, 11) is -7.78. The molecule has 0 saturated carbocycles. The summed E-state index contributed by atoms with van der Waals surface area (Å²) in [4.78, 5) is -0.215. The molecule has 0 aliphatic heterocycles. The third kappa shape index (κ3) is 3.43. The number of rotatable bonds is 4. The lowest BCUT2D eigenvalue weighted by atomic mass is 10.3. The van der Waals surface area contributed by atoms with E-state index in [2.05, 4.69) is 4.72 Å². The Morgan fingerprint density at radius 3 is 2.44 bits per heavy atom. The zero-order chi connectivity index (χ0) is 14.0. The second-order valence-electron chi connectivity index (χ2n) is 3.49. The average Bonchev–Trinajstić information content (AvgIpc) is 2.26. The van der Waals surface area contributed by atoms with Crippen molar-refractivity contribution in [2.75, 3.05) is 4.72 Å². The molecule has 1 rings (SSSR count). The van der Waals surface area contributed by atoms with Gasteiger partial charge in [0.2, 0.25) is 20.0 Å². The summed E-state index contributed by atoms with van der Waals surface area (Å²) in [6.07, 6.45) is 0. The van der Waals surface area contributed by atoms with E-state index < -0.39 is 25.3 Å². The number of nitrogens with one attached hydrogen (secondary N) is 1. The molecule has 0 fully saturated rings. The van der Waals surface area contributed by atoms with Crippen LogP contribution in [0.4, 0.5) is 5.69 Å². The highest BCUT2D eigenvalue weighted by atomic mass is 32.2. The van der Waals surface area contributed by atoms with Crippen LogP contribution in [0.3, 0.4) is 0 Å². The van der Waals surface area contributed by atoms with Crippen LogP contribution < -0.4 is 9.86 Å². The lowest BCUT2D eigenvalue weighted by molar-refractivity contribution is 0.595. The second-order valence-corrected chi connectivity index (χ2v) is 7.05. The summed E-state index contributed by atoms with van der Waals surface area (Å²) in [5, 5.41) is 12.2. The SMILES string of the molecule is CC(C#N)S(=O)(=O)Nc1cccc(S(N)(=O)=O)c1. The Morgan fingerprint density at radius 1 is 1.33 bits per heavy atom. The van der Waals surface area contributed by atoms with Crippen molar-refractivity contribution in [1.29, 1.82) is 5.26 Å². The lowest BCUT2D eigenvalue weighted by Crippen LogP contribution is -2.24. The summed E-state index contributed by atoms with van der Waals surface area (Å²) in [5.74, 6) is 0. The number of hydrogen-bond donors (Lipinski definition) is 2. The van der Waals surface area contributed by atoms with Gasteiger partial charge in [-0.2, -0.15) is 5.26 Å². The number of nitrogens with two attached hydrogens (primary N) is 1. The summed E-state index contributed by atoms with van der Waals surface area (Å²) in [6.45, 7) is 1.21. The topological polar surface area (TPSA) is 130 Å². The minimum Gasteiger partial charge on any atom is -0.282 e. The highest BCUT2D eigenvalue weighted by Gasteiger charge is 2.20. The lowest BCUT2D eigenvalue weighted by Gasteiger charge is -2.09. The fourth-order valence-corrected chi connectivity index (χ4v) is 2.39. The van der Waals surface area contributed by atoms with E-state index in [1.807, 2.05) is 0 Å². The quantitative estimate of drug-likeness (QED) is 0.804. The molecule has 0 aromatic heterocycles. The van der Waals surface area contributed by atoms with E-state index in [-0.39, 0.29) is 10.6 Å². The van der Waals surface area contributed by atoms with Gasteiger partial charge in [0.05, 0.1) is 11.0 Å². The van der Waals surface area contributed by atoms with Gasteiger partial charge in [-0.05, 0) is 25.1 Å². The number of hydrogen-bond acceptors (Lipinski definition) is 5. The number of nitrogens with zero attached hydrogens (tertiary/aromatic N) is 1. The fourth-order valence-electron chi connectivity index (χ4n) is 1.06. The third-order valence-electron chi connectivity index (χ3n) is 2.07. The number of primary sulfonamides is 1. The van der Waals surface area contributed by atoms with Crippen LogP contribution in [0.15, 0.2) is 29.2 Å². The van der Waals surface area contributed by atoms with Gasteiger partial charge < -0.3 is 0 Å². The first-order valence-electron chi connectivity index (χ1n) is 4.71. The first-order chi connectivity index (χ1) is 8.16. The van der Waals surface area contributed by atoms with E-state index in [0.717, 1.165) is 6.07 Å². The van der Waals surface area contributed by atoms with E-state index in [1.165, 1.54) is 25.1 Å². The van der Waals surface area contributed by atoms with Crippen LogP contribution in [0.2, 0.25) is 0 Å². The molecule has 1 aromatic carbocycles. The molecule has 7 nitrogen and oxygen atoms in total. The van der Waals surface area contributed by atoms with Gasteiger partial charge in [-0.3, -0.25) is 4.72 Å². The molecule has 0 radical (unpaired) electrons. The maximum atomic E-state index is 11.6. The molecule has 0 aliphatic carbocycles. The van der Waals surface area contributed by atoms with E-state index in [4.69, 9.17) is 10.4 Å². The summed E-state index contributed by atoms with van der Waals surface area (Å²) < 4.78 is 47.4. The van der Waals surface area contributed by atoms with Crippen LogP contribution in [0.5, 0.6) is 0 Å². The zero-order valence-corrected chi connectivity index (χ0v) is 11.0. The van der Waals surface area contributed by atoms with Crippen LogP contribution in [0.1, 0.15) is 6.92 Å². The number of anilines is 1. The average molecular weight is 289 g/mol. The van der Waals surface area contributed by atoms with Crippen LogP contribution in [0.25, 0.3) is 0 Å². The van der Waals surface area contributed by atoms with Crippen molar-refractivity contribution < 1.29 is 16.8 Å². The highest BCUT2D eigenvalue weighted by molar-refractivity contribution is 7.93. The monoisotopic (exact) mass is 289 g/mol. The van der Waals surface area contributed by atoms with Crippen molar-refractivity contribution in [3.05, 3.63) is 24.3 Å². The van der Waals surface area contributed by atoms with Gasteiger partial charge in [-0.15, -0.1) is 0 Å². The molecule has 18 heavy (non-hydrogen) atoms. The molecule has 1 aromatic rings. The van der Waals surface area contributed by atoms with Crippen LogP contribution in [-0.2, 0) is 20.0 Å². The van der Waals surface area contributed by atoms with Gasteiger partial charge in [0.15, 0.2) is 5.25 Å². The van der Waals surface area contributed by atoms with Gasteiger partial charge >= 0.3 is 0 Å². The fraction of sp³-hybridized carbons (Fsp3) is 0.222. The Kier molecular flexibility index (Phi) is 3.95. The van der Waals surface area contributed by atoms with Gasteiger partial charge in [0.25, 0.3) is 0 Å². The Balaban J connectivity index is 3.12. The molecule has 0 aliphatic rings. The van der Waals surface area contributed by atoms with Gasteiger partial charge in [0, 0.05) is 5.69 Å². The third-order valence-corrected chi connectivity index (χ3v) is 4.54. The maximum absolute atomic E-state index is 11.6. The minimum atomic E-state index is -3.91. The molecule has 0 heterocycles. The smallest absolute Gasteiger partial charge is 0.248 e. The Hall–Kier alpha value is -1.63. The molecule has 0 saturated heterocycles. The van der Waals surface area contributed by atoms with Gasteiger partial charge in [0.1, 0.15) is 0 Å². The van der Waals surface area contributed by atoms with Crippen molar-refractivity contribution in [2.45, 2.75) is 17.1 Å². The predicted octanol–water partition coefficient (Wildman–Crippen LogP) is -0.0122. The van der Waals surface area contributed by atoms with Gasteiger partial charge in [-0.25, -0.2) is 22.0 Å². The normalized spacial score (nSPS) is 13.6. The zero-order valence-electron chi connectivity index (χ0n) is 9.36. The first kappa shape index (κ1) is 14.4. The number of nitriles is 1. The second kappa shape index (κ2) is 4.93. The molecule has 0 bridgehead atoms. The summed E-state index contributed by atoms with van der Waals surface area (Å²) in [5.41, 5.74) is 0.0311. The molecule has 0 spiro atoms. The largest absolute Gasteiger partial charge is 0.282 e. The van der Waals surface area contributed by atoms with Crippen molar-refractivity contribution in [3.63, 3.8) is 0 Å². The minimum absolute atomic E-state index is 0.0311.